The van der Waals surface area contributed by atoms with Crippen molar-refractivity contribution in [1.29, 1.82) is 0 Å². The predicted octanol–water partition coefficient (Wildman–Crippen LogP) is 1.72. The van der Waals surface area contributed by atoms with Gasteiger partial charge in [0, 0.05) is 30.2 Å². The lowest BCUT2D eigenvalue weighted by Crippen LogP contribution is -2.46. The number of aliphatic hydroxyl groups excluding tert-OH is 1. The molecule has 1 saturated heterocycles. The van der Waals surface area contributed by atoms with Crippen molar-refractivity contribution in [3.05, 3.63) is 29.5 Å². The number of carbonyl (C=O) groups is 1. The number of amides is 1. The van der Waals surface area contributed by atoms with E-state index in [4.69, 9.17) is 9.47 Å². The van der Waals surface area contributed by atoms with Crippen LogP contribution in [0.5, 0.6) is 5.75 Å². The van der Waals surface area contributed by atoms with Crippen molar-refractivity contribution in [3.63, 3.8) is 0 Å². The van der Waals surface area contributed by atoms with Gasteiger partial charge in [-0.1, -0.05) is 0 Å². The first kappa shape index (κ1) is 16.8. The molecule has 24 heavy (non-hydrogen) atoms. The van der Waals surface area contributed by atoms with E-state index in [0.29, 0.717) is 18.7 Å². The van der Waals surface area contributed by atoms with Gasteiger partial charge in [0.2, 0.25) is 0 Å². The zero-order valence-electron chi connectivity index (χ0n) is 14.6. The molecule has 1 fully saturated rings. The first-order valence-corrected chi connectivity index (χ1v) is 8.19. The van der Waals surface area contributed by atoms with E-state index >= 15 is 0 Å². The van der Waals surface area contributed by atoms with Crippen LogP contribution in [-0.2, 0) is 11.8 Å². The van der Waals surface area contributed by atoms with Crippen LogP contribution in [-0.4, -0.2) is 59.5 Å². The zero-order valence-corrected chi connectivity index (χ0v) is 14.6. The summed E-state index contributed by atoms with van der Waals surface area (Å²) in [6.07, 6.45) is -0.640. The minimum atomic E-state index is -0.640. The van der Waals surface area contributed by atoms with Gasteiger partial charge >= 0.3 is 0 Å². The summed E-state index contributed by atoms with van der Waals surface area (Å²) in [6, 6.07) is 5.44. The number of rotatable bonds is 4. The van der Waals surface area contributed by atoms with Crippen molar-refractivity contribution in [2.75, 3.05) is 26.9 Å². The average Bonchev–Trinajstić information content (AvgIpc) is 3.10. The molecule has 0 bridgehead atoms. The van der Waals surface area contributed by atoms with Gasteiger partial charge in [-0.05, 0) is 32.0 Å². The molecular weight excluding hydrogens is 308 g/mol. The van der Waals surface area contributed by atoms with E-state index < -0.39 is 6.10 Å². The molecule has 2 heterocycles. The second kappa shape index (κ2) is 6.45. The van der Waals surface area contributed by atoms with Crippen LogP contribution in [0.25, 0.3) is 10.9 Å². The average molecular weight is 332 g/mol. The number of likely N-dealkylation sites (N-methyl/N-ethyl adjacent to an activating group) is 1. The van der Waals surface area contributed by atoms with Crippen molar-refractivity contribution in [3.8, 4) is 5.75 Å². The summed E-state index contributed by atoms with van der Waals surface area (Å²) in [4.78, 5) is 15.0. The molecule has 6 nitrogen and oxygen atoms in total. The monoisotopic (exact) mass is 332 g/mol. The van der Waals surface area contributed by atoms with E-state index in [1.165, 1.54) is 0 Å². The Morgan fingerprint density at radius 3 is 2.79 bits per heavy atom. The van der Waals surface area contributed by atoms with Gasteiger partial charge in [0.25, 0.3) is 5.91 Å². The molecule has 0 aliphatic carbocycles. The normalized spacial score (nSPS) is 20.5. The number of carbonyl (C=O) groups excluding carboxylic acids is 1. The third-order valence-electron chi connectivity index (χ3n) is 4.94. The Balaban J connectivity index is 2.10. The van der Waals surface area contributed by atoms with Crippen LogP contribution >= 0.6 is 0 Å². The molecule has 1 N–H and O–H groups in total. The zero-order chi connectivity index (χ0) is 17.4. The van der Waals surface area contributed by atoms with Gasteiger partial charge in [-0.25, -0.2) is 0 Å². The number of hydrogen-bond acceptors (Lipinski definition) is 4. The highest BCUT2D eigenvalue weighted by Gasteiger charge is 2.35. The van der Waals surface area contributed by atoms with Crippen molar-refractivity contribution in [1.82, 2.24) is 9.47 Å². The Kier molecular flexibility index (Phi) is 4.51. The molecule has 6 heteroatoms. The summed E-state index contributed by atoms with van der Waals surface area (Å²) in [5.41, 5.74) is 2.54. The topological polar surface area (TPSA) is 63.9 Å². The first-order valence-electron chi connectivity index (χ1n) is 8.19. The summed E-state index contributed by atoms with van der Waals surface area (Å²) in [7, 11) is 3.56. The van der Waals surface area contributed by atoms with Crippen LogP contribution in [0.4, 0.5) is 0 Å². The number of aliphatic hydroxyl groups is 1. The molecular formula is C18H24N2O4. The molecule has 1 amide bonds. The van der Waals surface area contributed by atoms with Gasteiger partial charge in [0.05, 0.1) is 38.0 Å². The molecule has 0 saturated carbocycles. The number of hydrogen-bond donors (Lipinski definition) is 1. The van der Waals surface area contributed by atoms with E-state index in [0.717, 1.165) is 22.3 Å². The standard InChI is InChI=1S/C18H24N2O4/c1-5-20(15-9-24-10-16(15)21)18(22)17-11(2)19(3)14-7-6-12(23-4)8-13(14)17/h6-8,15-16,21H,5,9-10H2,1-4H3/t15-,16-/m0/s1. The fourth-order valence-electron chi connectivity index (χ4n) is 3.45. The molecule has 1 aliphatic heterocycles. The quantitative estimate of drug-likeness (QED) is 0.926. The lowest BCUT2D eigenvalue weighted by atomic mass is 10.1. The van der Waals surface area contributed by atoms with Crippen LogP contribution in [0.3, 0.4) is 0 Å². The first-order chi connectivity index (χ1) is 11.5. The summed E-state index contributed by atoms with van der Waals surface area (Å²) in [6.45, 7) is 5.02. The molecule has 0 unspecified atom stereocenters. The van der Waals surface area contributed by atoms with Crippen LogP contribution in [0.2, 0.25) is 0 Å². The van der Waals surface area contributed by atoms with Gasteiger partial charge < -0.3 is 24.0 Å². The smallest absolute Gasteiger partial charge is 0.256 e. The third kappa shape index (κ3) is 2.56. The largest absolute Gasteiger partial charge is 0.497 e. The van der Waals surface area contributed by atoms with E-state index in [-0.39, 0.29) is 18.6 Å². The number of fused-ring (bicyclic) bond motifs is 1. The minimum Gasteiger partial charge on any atom is -0.497 e. The number of nitrogens with zero attached hydrogens (tertiary/aromatic N) is 2. The number of aryl methyl sites for hydroxylation is 1. The van der Waals surface area contributed by atoms with Crippen LogP contribution < -0.4 is 4.74 Å². The third-order valence-corrected chi connectivity index (χ3v) is 4.94. The molecule has 1 aliphatic rings. The lowest BCUT2D eigenvalue weighted by Gasteiger charge is -2.29. The summed E-state index contributed by atoms with van der Waals surface area (Å²) >= 11 is 0. The maximum Gasteiger partial charge on any atom is 0.256 e. The molecule has 1 aromatic heterocycles. The fourth-order valence-corrected chi connectivity index (χ4v) is 3.45. The second-order valence-corrected chi connectivity index (χ2v) is 6.17. The lowest BCUT2D eigenvalue weighted by molar-refractivity contribution is 0.0521. The van der Waals surface area contributed by atoms with E-state index in [1.54, 1.807) is 12.0 Å². The van der Waals surface area contributed by atoms with E-state index in [1.807, 2.05) is 43.7 Å². The Morgan fingerprint density at radius 1 is 1.46 bits per heavy atom. The van der Waals surface area contributed by atoms with Crippen molar-refractivity contribution < 1.29 is 19.4 Å². The van der Waals surface area contributed by atoms with Gasteiger partial charge in [0.15, 0.2) is 0 Å². The molecule has 1 aromatic carbocycles. The van der Waals surface area contributed by atoms with E-state index in [9.17, 15) is 9.90 Å². The maximum absolute atomic E-state index is 13.3. The predicted molar refractivity (Wildman–Crippen MR) is 91.5 cm³/mol. The summed E-state index contributed by atoms with van der Waals surface area (Å²) in [5, 5.41) is 11.0. The highest BCUT2D eigenvalue weighted by Crippen LogP contribution is 2.30. The maximum atomic E-state index is 13.3. The van der Waals surface area contributed by atoms with Crippen LogP contribution in [0, 0.1) is 6.92 Å². The van der Waals surface area contributed by atoms with Crippen molar-refractivity contribution in [2.45, 2.75) is 26.0 Å². The number of aromatic nitrogens is 1. The molecule has 130 valence electrons. The highest BCUT2D eigenvalue weighted by molar-refractivity contribution is 6.08. The number of methoxy groups -OCH3 is 1. The molecule has 0 radical (unpaired) electrons. The molecule has 2 aromatic rings. The minimum absolute atomic E-state index is 0.0802. The number of ether oxygens (including phenoxy) is 2. The Hall–Kier alpha value is -2.05. The van der Waals surface area contributed by atoms with Crippen molar-refractivity contribution >= 4 is 16.8 Å². The Morgan fingerprint density at radius 2 is 2.21 bits per heavy atom. The second-order valence-electron chi connectivity index (χ2n) is 6.17. The highest BCUT2D eigenvalue weighted by atomic mass is 16.5. The van der Waals surface area contributed by atoms with Crippen molar-refractivity contribution in [2.24, 2.45) is 7.05 Å². The fraction of sp³-hybridized carbons (Fsp3) is 0.500. The number of benzene rings is 1. The van der Waals surface area contributed by atoms with Gasteiger partial charge in [-0.2, -0.15) is 0 Å². The van der Waals surface area contributed by atoms with Crippen LogP contribution in [0.1, 0.15) is 23.0 Å². The van der Waals surface area contributed by atoms with Gasteiger partial charge in [0.1, 0.15) is 5.75 Å². The van der Waals surface area contributed by atoms with E-state index in [2.05, 4.69) is 0 Å². The van der Waals surface area contributed by atoms with Gasteiger partial charge in [-0.15, -0.1) is 0 Å². The molecule has 2 atom stereocenters. The molecule has 3 rings (SSSR count). The Labute approximate surface area is 141 Å². The molecule has 0 spiro atoms. The van der Waals surface area contributed by atoms with Crippen LogP contribution in [0.15, 0.2) is 18.2 Å². The Bertz CT molecular complexity index is 768. The van der Waals surface area contributed by atoms with Gasteiger partial charge in [-0.3, -0.25) is 4.79 Å². The SMILES string of the molecule is CCN(C(=O)c1c(C)n(C)c2ccc(OC)cc12)[C@H]1COC[C@@H]1O. The summed E-state index contributed by atoms with van der Waals surface area (Å²) < 4.78 is 12.7. The summed E-state index contributed by atoms with van der Waals surface area (Å²) in [5.74, 6) is 0.637.